The molecule has 0 amide bonds. The van der Waals surface area contributed by atoms with Gasteiger partial charge in [0, 0.05) is 6.20 Å². The molecule has 7 heteroatoms. The lowest BCUT2D eigenvalue weighted by molar-refractivity contribution is -0.421. The van der Waals surface area contributed by atoms with Crippen LogP contribution in [0, 0.1) is 10.1 Å². The molecule has 0 bridgehead atoms. The number of hydrogen-bond donors (Lipinski definition) is 2. The first-order valence-electron chi connectivity index (χ1n) is 4.56. The molecule has 1 aromatic heterocycles. The van der Waals surface area contributed by atoms with E-state index in [1.807, 2.05) is 0 Å². The van der Waals surface area contributed by atoms with Crippen LogP contribution in [0.1, 0.15) is 6.92 Å². The number of rotatable bonds is 5. The van der Waals surface area contributed by atoms with E-state index in [0.29, 0.717) is 5.82 Å². The minimum absolute atomic E-state index is 0.0898. The molecule has 0 unspecified atom stereocenters. The monoisotopic (exact) mass is 225 g/mol. The maximum Gasteiger partial charge on any atom is 0.411 e. The van der Waals surface area contributed by atoms with Crippen molar-refractivity contribution in [3.05, 3.63) is 40.3 Å². The number of H-pyrrole nitrogens is 1. The van der Waals surface area contributed by atoms with Crippen LogP contribution in [0.5, 0.6) is 0 Å². The van der Waals surface area contributed by atoms with E-state index in [1.54, 1.807) is 25.3 Å². The molecule has 1 heterocycles. The highest BCUT2D eigenvalue weighted by molar-refractivity contribution is 5.86. The highest BCUT2D eigenvalue weighted by atomic mass is 16.6. The first-order valence-corrected chi connectivity index (χ1v) is 4.56. The zero-order valence-electron chi connectivity index (χ0n) is 8.60. The minimum Gasteiger partial charge on any atom is -0.458 e. The smallest absolute Gasteiger partial charge is 0.411 e. The van der Waals surface area contributed by atoms with Crippen molar-refractivity contribution in [3.8, 4) is 0 Å². The van der Waals surface area contributed by atoms with Crippen molar-refractivity contribution in [2.24, 2.45) is 0 Å². The Bertz CT molecular complexity index is 397. The molecular formula is C9H11N3O4. The van der Waals surface area contributed by atoms with Gasteiger partial charge in [0.05, 0.1) is 17.7 Å². The molecule has 0 atom stereocenters. The number of ether oxygens (including phenoxy) is 1. The van der Waals surface area contributed by atoms with Crippen molar-refractivity contribution in [2.45, 2.75) is 6.92 Å². The van der Waals surface area contributed by atoms with E-state index in [1.165, 1.54) is 0 Å². The molecule has 0 saturated carbocycles. The van der Waals surface area contributed by atoms with Crippen molar-refractivity contribution in [1.29, 1.82) is 0 Å². The lowest BCUT2D eigenvalue weighted by atomic mass is 10.5. The average Bonchev–Trinajstić information content (AvgIpc) is 2.70. The summed E-state index contributed by atoms with van der Waals surface area (Å²) < 4.78 is 4.54. The highest BCUT2D eigenvalue weighted by Crippen LogP contribution is 2.04. The van der Waals surface area contributed by atoms with E-state index in [4.69, 9.17) is 0 Å². The predicted octanol–water partition coefficient (Wildman–Crippen LogP) is 1.11. The molecule has 16 heavy (non-hydrogen) atoms. The number of nitrogens with one attached hydrogen (secondary N) is 2. The van der Waals surface area contributed by atoms with Crippen molar-refractivity contribution in [3.63, 3.8) is 0 Å². The average molecular weight is 225 g/mol. The Hall–Kier alpha value is -2.31. The molecule has 7 nitrogen and oxygen atoms in total. The van der Waals surface area contributed by atoms with Crippen LogP contribution in [0.25, 0.3) is 0 Å². The van der Waals surface area contributed by atoms with Gasteiger partial charge in [0.2, 0.25) is 0 Å². The van der Waals surface area contributed by atoms with Gasteiger partial charge in [0.25, 0.3) is 0 Å². The summed E-state index contributed by atoms with van der Waals surface area (Å²) in [5.74, 6) is -0.421. The van der Waals surface area contributed by atoms with Crippen LogP contribution >= 0.6 is 0 Å². The number of esters is 1. The Balaban J connectivity index is 2.73. The fraction of sp³-hybridized carbons (Fsp3) is 0.222. The Morgan fingerprint density at radius 3 is 3.00 bits per heavy atom. The fourth-order valence-electron chi connectivity index (χ4n) is 0.957. The number of nitrogens with zero attached hydrogens (tertiary/aromatic N) is 1. The number of carbonyl (C=O) groups is 1. The molecule has 1 aromatic rings. The zero-order chi connectivity index (χ0) is 12.0. The highest BCUT2D eigenvalue weighted by Gasteiger charge is 2.23. The number of aromatic amines is 1. The normalized spacial score (nSPS) is 10.9. The topological polar surface area (TPSA) is 97.3 Å². The third-order valence-corrected chi connectivity index (χ3v) is 1.64. The molecule has 0 aromatic carbocycles. The molecule has 0 fully saturated rings. The van der Waals surface area contributed by atoms with Gasteiger partial charge in [-0.15, -0.1) is 0 Å². The van der Waals surface area contributed by atoms with Gasteiger partial charge in [0.15, 0.2) is 0 Å². The third kappa shape index (κ3) is 3.12. The Morgan fingerprint density at radius 1 is 1.75 bits per heavy atom. The quantitative estimate of drug-likeness (QED) is 0.338. The summed E-state index contributed by atoms with van der Waals surface area (Å²) in [6.45, 7) is 1.67. The molecule has 0 aliphatic rings. The number of hydrogen-bond acceptors (Lipinski definition) is 5. The van der Waals surface area contributed by atoms with Gasteiger partial charge in [-0.1, -0.05) is 0 Å². The van der Waals surface area contributed by atoms with Crippen LogP contribution in [0.4, 0.5) is 5.82 Å². The van der Waals surface area contributed by atoms with Gasteiger partial charge >= 0.3 is 11.7 Å². The van der Waals surface area contributed by atoms with E-state index in [0.717, 1.165) is 6.20 Å². The molecule has 1 rings (SSSR count). The summed E-state index contributed by atoms with van der Waals surface area (Å²) in [4.78, 5) is 23.7. The Labute approximate surface area is 91.3 Å². The standard InChI is InChI=1S/C9H11N3O4/c1-2-16-9(13)7(12(14)15)6-11-8-4-3-5-10-8/h3-6,10-11H,2H2,1H3. The second-order valence-corrected chi connectivity index (χ2v) is 2.74. The molecule has 0 radical (unpaired) electrons. The van der Waals surface area contributed by atoms with Crippen molar-refractivity contribution < 1.29 is 14.5 Å². The first-order chi connectivity index (χ1) is 7.65. The van der Waals surface area contributed by atoms with Crippen LogP contribution in [0.2, 0.25) is 0 Å². The number of nitro groups is 1. The van der Waals surface area contributed by atoms with Crippen LogP contribution in [-0.2, 0) is 9.53 Å². The Kier molecular flexibility index (Phi) is 4.07. The largest absolute Gasteiger partial charge is 0.458 e. The summed E-state index contributed by atoms with van der Waals surface area (Å²) in [6, 6.07) is 3.38. The number of carbonyl (C=O) groups excluding carboxylic acids is 1. The predicted molar refractivity (Wildman–Crippen MR) is 56.1 cm³/mol. The van der Waals surface area contributed by atoms with E-state index in [2.05, 4.69) is 15.0 Å². The molecular weight excluding hydrogens is 214 g/mol. The number of aromatic nitrogens is 1. The second kappa shape index (κ2) is 5.54. The minimum atomic E-state index is -0.966. The molecule has 0 aliphatic heterocycles. The third-order valence-electron chi connectivity index (χ3n) is 1.64. The molecule has 0 saturated heterocycles. The first kappa shape index (κ1) is 11.8. The van der Waals surface area contributed by atoms with Gasteiger partial charge in [-0.3, -0.25) is 10.1 Å². The van der Waals surface area contributed by atoms with Crippen LogP contribution < -0.4 is 5.32 Å². The van der Waals surface area contributed by atoms with Gasteiger partial charge in [-0.2, -0.15) is 0 Å². The second-order valence-electron chi connectivity index (χ2n) is 2.74. The van der Waals surface area contributed by atoms with E-state index in [9.17, 15) is 14.9 Å². The maximum absolute atomic E-state index is 11.2. The van der Waals surface area contributed by atoms with Gasteiger partial charge in [0.1, 0.15) is 5.82 Å². The molecule has 0 spiro atoms. The lowest BCUT2D eigenvalue weighted by Gasteiger charge is -1.99. The molecule has 86 valence electrons. The summed E-state index contributed by atoms with van der Waals surface area (Å²) in [5, 5.41) is 13.1. The van der Waals surface area contributed by atoms with E-state index < -0.39 is 16.6 Å². The van der Waals surface area contributed by atoms with Gasteiger partial charge < -0.3 is 15.0 Å². The number of anilines is 1. The van der Waals surface area contributed by atoms with Crippen LogP contribution in [0.15, 0.2) is 30.2 Å². The van der Waals surface area contributed by atoms with Crippen LogP contribution in [-0.4, -0.2) is 22.5 Å². The van der Waals surface area contributed by atoms with Crippen LogP contribution in [0.3, 0.4) is 0 Å². The van der Waals surface area contributed by atoms with Crippen molar-refractivity contribution in [2.75, 3.05) is 11.9 Å². The van der Waals surface area contributed by atoms with Crippen molar-refractivity contribution in [1.82, 2.24) is 4.98 Å². The maximum atomic E-state index is 11.2. The molecule has 0 aliphatic carbocycles. The van der Waals surface area contributed by atoms with Gasteiger partial charge in [-0.05, 0) is 19.1 Å². The SMILES string of the molecule is CCOC(=O)C(=CNc1ccc[nH]1)[N+](=O)[O-]. The fourth-order valence-corrected chi connectivity index (χ4v) is 0.957. The summed E-state index contributed by atoms with van der Waals surface area (Å²) in [7, 11) is 0. The molecule has 2 N–H and O–H groups in total. The summed E-state index contributed by atoms with van der Waals surface area (Å²) >= 11 is 0. The zero-order valence-corrected chi connectivity index (χ0v) is 8.60. The van der Waals surface area contributed by atoms with E-state index >= 15 is 0 Å². The Morgan fingerprint density at radius 2 is 2.50 bits per heavy atom. The summed E-state index contributed by atoms with van der Waals surface area (Å²) in [5.41, 5.74) is -0.642. The summed E-state index contributed by atoms with van der Waals surface area (Å²) in [6.07, 6.45) is 2.64. The van der Waals surface area contributed by atoms with E-state index in [-0.39, 0.29) is 6.61 Å². The van der Waals surface area contributed by atoms with Crippen molar-refractivity contribution >= 4 is 11.8 Å². The van der Waals surface area contributed by atoms with Gasteiger partial charge in [-0.25, -0.2) is 4.79 Å². The lowest BCUT2D eigenvalue weighted by Crippen LogP contribution is -2.16.